The van der Waals surface area contributed by atoms with Crippen molar-refractivity contribution in [1.29, 1.82) is 0 Å². The molecule has 2 N–H and O–H groups in total. The molecule has 1 atom stereocenters. The van der Waals surface area contributed by atoms with Gasteiger partial charge in [-0.3, -0.25) is 0 Å². The molecular weight excluding hydrogens is 179 g/mol. The highest BCUT2D eigenvalue weighted by molar-refractivity contribution is 5.64. The first-order chi connectivity index (χ1) is 5.38. The average molecular weight is 187 g/mol. The van der Waals surface area contributed by atoms with Gasteiger partial charge in [-0.2, -0.15) is 13.2 Å². The summed E-state index contributed by atoms with van der Waals surface area (Å²) >= 11 is 0. The summed E-state index contributed by atoms with van der Waals surface area (Å²) in [5.74, 6) is 0. The molecule has 0 saturated heterocycles. The standard InChI is InChI=1S/C5H8F3NO3/c1-11-2-3(5(6,7)8)12-4(9)10/h3H,2H2,1H3,(H2,9,10). The smallest absolute Gasteiger partial charge is 0.427 e. The SMILES string of the molecule is COCC(OC(N)=O)C(F)(F)F. The maximum absolute atomic E-state index is 11.9. The van der Waals surface area contributed by atoms with Crippen molar-refractivity contribution in [2.24, 2.45) is 5.73 Å². The molecular formula is C5H8F3NO3. The number of rotatable bonds is 3. The molecule has 12 heavy (non-hydrogen) atoms. The van der Waals surface area contributed by atoms with E-state index in [1.54, 1.807) is 0 Å². The lowest BCUT2D eigenvalue weighted by Crippen LogP contribution is -2.38. The van der Waals surface area contributed by atoms with Crippen molar-refractivity contribution in [3.05, 3.63) is 0 Å². The van der Waals surface area contributed by atoms with Gasteiger partial charge in [0.1, 0.15) is 0 Å². The molecule has 7 heteroatoms. The van der Waals surface area contributed by atoms with Crippen LogP contribution in [0.1, 0.15) is 0 Å². The third-order valence-electron chi connectivity index (χ3n) is 0.942. The summed E-state index contributed by atoms with van der Waals surface area (Å²) in [4.78, 5) is 9.98. The minimum atomic E-state index is -4.65. The van der Waals surface area contributed by atoms with Gasteiger partial charge in [0, 0.05) is 7.11 Å². The van der Waals surface area contributed by atoms with Gasteiger partial charge in [-0.1, -0.05) is 0 Å². The number of ether oxygens (including phenoxy) is 2. The summed E-state index contributed by atoms with van der Waals surface area (Å²) in [6.45, 7) is -0.758. The van der Waals surface area contributed by atoms with E-state index in [1.165, 1.54) is 0 Å². The molecule has 0 aliphatic rings. The second-order valence-electron chi connectivity index (χ2n) is 1.92. The summed E-state index contributed by atoms with van der Waals surface area (Å²) in [5.41, 5.74) is 4.40. The Bertz CT molecular complexity index is 159. The van der Waals surface area contributed by atoms with E-state index in [0.29, 0.717) is 0 Å². The van der Waals surface area contributed by atoms with E-state index >= 15 is 0 Å². The molecule has 0 fully saturated rings. The van der Waals surface area contributed by atoms with E-state index in [0.717, 1.165) is 7.11 Å². The number of methoxy groups -OCH3 is 1. The molecule has 0 aliphatic heterocycles. The topological polar surface area (TPSA) is 61.6 Å². The van der Waals surface area contributed by atoms with Gasteiger partial charge in [-0.25, -0.2) is 4.79 Å². The molecule has 4 nitrogen and oxygen atoms in total. The monoisotopic (exact) mass is 187 g/mol. The van der Waals surface area contributed by atoms with E-state index in [9.17, 15) is 18.0 Å². The molecule has 0 radical (unpaired) electrons. The zero-order valence-corrected chi connectivity index (χ0v) is 6.22. The van der Waals surface area contributed by atoms with E-state index in [2.05, 4.69) is 15.2 Å². The highest BCUT2D eigenvalue weighted by Crippen LogP contribution is 2.22. The van der Waals surface area contributed by atoms with Crippen LogP contribution in [0, 0.1) is 0 Å². The molecule has 0 rings (SSSR count). The Morgan fingerprint density at radius 3 is 2.33 bits per heavy atom. The average Bonchev–Trinajstić information content (AvgIpc) is 1.83. The molecule has 1 unspecified atom stereocenters. The van der Waals surface area contributed by atoms with Crippen LogP contribution in [0.15, 0.2) is 0 Å². The fraction of sp³-hybridized carbons (Fsp3) is 0.800. The molecule has 0 aromatic rings. The largest absolute Gasteiger partial charge is 0.434 e. The maximum Gasteiger partial charge on any atom is 0.427 e. The maximum atomic E-state index is 11.9. The van der Waals surface area contributed by atoms with Crippen LogP contribution in [0.4, 0.5) is 18.0 Å². The van der Waals surface area contributed by atoms with Crippen molar-refractivity contribution in [3.8, 4) is 0 Å². The Labute approximate surface area is 66.4 Å². The van der Waals surface area contributed by atoms with Crippen LogP contribution in [0.2, 0.25) is 0 Å². The molecule has 0 bridgehead atoms. The van der Waals surface area contributed by atoms with Crippen LogP contribution in [0.25, 0.3) is 0 Å². The van der Waals surface area contributed by atoms with E-state index < -0.39 is 25.0 Å². The molecule has 0 aromatic heterocycles. The van der Waals surface area contributed by atoms with Gasteiger partial charge in [-0.15, -0.1) is 0 Å². The summed E-state index contributed by atoms with van der Waals surface area (Å²) in [5, 5.41) is 0. The van der Waals surface area contributed by atoms with Crippen molar-refractivity contribution in [1.82, 2.24) is 0 Å². The molecule has 0 aliphatic carbocycles. The molecule has 0 spiro atoms. The van der Waals surface area contributed by atoms with Gasteiger partial charge in [-0.05, 0) is 0 Å². The zero-order valence-electron chi connectivity index (χ0n) is 6.22. The fourth-order valence-corrected chi connectivity index (χ4v) is 0.487. The number of nitrogens with two attached hydrogens (primary N) is 1. The van der Waals surface area contributed by atoms with Crippen LogP contribution in [0.3, 0.4) is 0 Å². The van der Waals surface area contributed by atoms with E-state index in [1.807, 2.05) is 0 Å². The summed E-state index contributed by atoms with van der Waals surface area (Å²) in [6.07, 6.45) is -8.42. The number of carbonyl (C=O) groups is 1. The molecule has 0 heterocycles. The van der Waals surface area contributed by atoms with Crippen LogP contribution in [-0.4, -0.2) is 32.1 Å². The van der Waals surface area contributed by atoms with Gasteiger partial charge in [0.25, 0.3) is 0 Å². The number of primary amides is 1. The highest BCUT2D eigenvalue weighted by atomic mass is 19.4. The molecule has 0 saturated carbocycles. The number of hydrogen-bond donors (Lipinski definition) is 1. The lowest BCUT2D eigenvalue weighted by atomic mass is 10.4. The fourth-order valence-electron chi connectivity index (χ4n) is 0.487. The number of halogens is 3. The van der Waals surface area contributed by atoms with Crippen LogP contribution < -0.4 is 5.73 Å². The van der Waals surface area contributed by atoms with Crippen LogP contribution >= 0.6 is 0 Å². The zero-order chi connectivity index (χ0) is 9.78. The Morgan fingerprint density at radius 2 is 2.08 bits per heavy atom. The first kappa shape index (κ1) is 11.0. The Morgan fingerprint density at radius 1 is 1.58 bits per heavy atom. The van der Waals surface area contributed by atoms with E-state index in [4.69, 9.17) is 0 Å². The van der Waals surface area contributed by atoms with Crippen molar-refractivity contribution in [3.63, 3.8) is 0 Å². The minimum absolute atomic E-state index is 0.758. The van der Waals surface area contributed by atoms with Crippen molar-refractivity contribution in [2.75, 3.05) is 13.7 Å². The van der Waals surface area contributed by atoms with Crippen molar-refractivity contribution < 1.29 is 27.4 Å². The third kappa shape index (κ3) is 4.02. The minimum Gasteiger partial charge on any atom is -0.434 e. The van der Waals surface area contributed by atoms with Gasteiger partial charge in [0.05, 0.1) is 6.61 Å². The van der Waals surface area contributed by atoms with Crippen molar-refractivity contribution in [2.45, 2.75) is 12.3 Å². The first-order valence-electron chi connectivity index (χ1n) is 2.89. The van der Waals surface area contributed by atoms with Crippen molar-refractivity contribution >= 4 is 6.09 Å². The number of alkyl halides is 3. The van der Waals surface area contributed by atoms with E-state index in [-0.39, 0.29) is 0 Å². The lowest BCUT2D eigenvalue weighted by Gasteiger charge is -2.18. The first-order valence-corrected chi connectivity index (χ1v) is 2.89. The number of amides is 1. The second-order valence-corrected chi connectivity index (χ2v) is 1.92. The van der Waals surface area contributed by atoms with Gasteiger partial charge >= 0.3 is 12.3 Å². The van der Waals surface area contributed by atoms with Gasteiger partial charge < -0.3 is 15.2 Å². The van der Waals surface area contributed by atoms with Gasteiger partial charge in [0.15, 0.2) is 0 Å². The number of carbonyl (C=O) groups excluding carboxylic acids is 1. The third-order valence-corrected chi connectivity index (χ3v) is 0.942. The molecule has 72 valence electrons. The highest BCUT2D eigenvalue weighted by Gasteiger charge is 2.42. The van der Waals surface area contributed by atoms with Crippen LogP contribution in [-0.2, 0) is 9.47 Å². The normalized spacial score (nSPS) is 14.0. The predicted octanol–water partition coefficient (Wildman–Crippen LogP) is 0.659. The Balaban J connectivity index is 4.13. The Hall–Kier alpha value is -0.980. The summed E-state index contributed by atoms with van der Waals surface area (Å²) in [6, 6.07) is 0. The number of hydrogen-bond acceptors (Lipinski definition) is 3. The quantitative estimate of drug-likeness (QED) is 0.705. The van der Waals surface area contributed by atoms with Gasteiger partial charge in [0.2, 0.25) is 6.10 Å². The Kier molecular flexibility index (Phi) is 3.81. The second kappa shape index (κ2) is 4.15. The molecule has 0 aromatic carbocycles. The lowest BCUT2D eigenvalue weighted by molar-refractivity contribution is -0.214. The van der Waals surface area contributed by atoms with Crippen LogP contribution in [0.5, 0.6) is 0 Å². The predicted molar refractivity (Wildman–Crippen MR) is 32.4 cm³/mol. The summed E-state index contributed by atoms with van der Waals surface area (Å²) < 4.78 is 43.5. The molecule has 1 amide bonds. The summed E-state index contributed by atoms with van der Waals surface area (Å²) in [7, 11) is 1.06.